The molecule has 0 spiro atoms. The van der Waals surface area contributed by atoms with Crippen LogP contribution in [-0.2, 0) is 4.79 Å². The molecule has 2 aromatic rings. The average molecular weight is 285 g/mol. The summed E-state index contributed by atoms with van der Waals surface area (Å²) in [4.78, 5) is 22.7. The first-order valence-corrected chi connectivity index (χ1v) is 6.31. The summed E-state index contributed by atoms with van der Waals surface area (Å²) >= 11 is 0. The minimum atomic E-state index is -0.327. The molecule has 0 aliphatic heterocycles. The van der Waals surface area contributed by atoms with Crippen molar-refractivity contribution in [2.75, 3.05) is 5.32 Å². The van der Waals surface area contributed by atoms with E-state index >= 15 is 0 Å². The summed E-state index contributed by atoms with van der Waals surface area (Å²) in [5.41, 5.74) is 4.38. The van der Waals surface area contributed by atoms with Crippen LogP contribution >= 0.6 is 0 Å². The van der Waals surface area contributed by atoms with Crippen molar-refractivity contribution in [3.05, 3.63) is 53.5 Å². The molecule has 2 rings (SSSR count). The molecular formula is C15H15N3O3. The Kier molecular flexibility index (Phi) is 4.50. The van der Waals surface area contributed by atoms with Gasteiger partial charge in [0, 0.05) is 12.6 Å². The van der Waals surface area contributed by atoms with Crippen LogP contribution < -0.4 is 10.7 Å². The fourth-order valence-electron chi connectivity index (χ4n) is 1.70. The van der Waals surface area contributed by atoms with Gasteiger partial charge in [0.1, 0.15) is 5.76 Å². The lowest BCUT2D eigenvalue weighted by Gasteiger charge is -2.01. The van der Waals surface area contributed by atoms with E-state index in [-0.39, 0.29) is 11.8 Å². The minimum Gasteiger partial charge on any atom is -0.469 e. The van der Waals surface area contributed by atoms with Crippen LogP contribution in [0.2, 0.25) is 0 Å². The number of hydrogen-bond acceptors (Lipinski definition) is 4. The molecule has 1 heterocycles. The molecule has 0 aliphatic carbocycles. The summed E-state index contributed by atoms with van der Waals surface area (Å²) in [5.74, 6) is 0.0916. The monoisotopic (exact) mass is 285 g/mol. The second-order valence-corrected chi connectivity index (χ2v) is 4.39. The van der Waals surface area contributed by atoms with Gasteiger partial charge in [-0.15, -0.1) is 0 Å². The molecule has 1 aromatic heterocycles. The van der Waals surface area contributed by atoms with Gasteiger partial charge in [0.15, 0.2) is 0 Å². The number of carbonyl (C=O) groups is 2. The molecule has 1 aromatic carbocycles. The highest BCUT2D eigenvalue weighted by molar-refractivity contribution is 5.95. The summed E-state index contributed by atoms with van der Waals surface area (Å²) < 4.78 is 5.05. The van der Waals surface area contributed by atoms with Crippen molar-refractivity contribution in [2.45, 2.75) is 13.8 Å². The van der Waals surface area contributed by atoms with Crippen LogP contribution in [0.1, 0.15) is 28.6 Å². The standard InChI is InChI=1S/C15H15N3O3/c1-10-14(7-8-21-10)15(20)18-16-9-12-3-5-13(6-4-12)17-11(2)19/h3-9H,1-2H3,(H,17,19)(H,18,20)/b16-9-. The largest absolute Gasteiger partial charge is 0.469 e. The molecular weight excluding hydrogens is 270 g/mol. The Bertz CT molecular complexity index is 672. The average Bonchev–Trinajstić information content (AvgIpc) is 2.86. The quantitative estimate of drug-likeness (QED) is 0.668. The van der Waals surface area contributed by atoms with Crippen molar-refractivity contribution >= 4 is 23.7 Å². The van der Waals surface area contributed by atoms with E-state index in [4.69, 9.17) is 4.42 Å². The minimum absolute atomic E-state index is 0.126. The first-order valence-electron chi connectivity index (χ1n) is 6.31. The van der Waals surface area contributed by atoms with Gasteiger partial charge in [-0.3, -0.25) is 9.59 Å². The highest BCUT2D eigenvalue weighted by Gasteiger charge is 2.09. The normalized spacial score (nSPS) is 10.6. The van der Waals surface area contributed by atoms with Crippen molar-refractivity contribution < 1.29 is 14.0 Å². The number of hydrazone groups is 1. The molecule has 108 valence electrons. The van der Waals surface area contributed by atoms with Gasteiger partial charge in [-0.1, -0.05) is 12.1 Å². The second kappa shape index (κ2) is 6.51. The number of benzene rings is 1. The van der Waals surface area contributed by atoms with Gasteiger partial charge in [0.2, 0.25) is 5.91 Å². The van der Waals surface area contributed by atoms with Crippen LogP contribution in [-0.4, -0.2) is 18.0 Å². The molecule has 0 radical (unpaired) electrons. The Balaban J connectivity index is 1.94. The van der Waals surface area contributed by atoms with E-state index in [1.54, 1.807) is 37.3 Å². The number of aryl methyl sites for hydroxylation is 1. The number of carbonyl (C=O) groups excluding carboxylic acids is 2. The van der Waals surface area contributed by atoms with Crippen molar-refractivity contribution in [3.8, 4) is 0 Å². The lowest BCUT2D eigenvalue weighted by atomic mass is 10.2. The Labute approximate surface area is 121 Å². The van der Waals surface area contributed by atoms with Crippen LogP contribution in [0.15, 0.2) is 46.1 Å². The smallest absolute Gasteiger partial charge is 0.274 e. The van der Waals surface area contributed by atoms with E-state index < -0.39 is 0 Å². The SMILES string of the molecule is CC(=O)Nc1ccc(/C=N\NC(=O)c2ccoc2C)cc1. The number of hydrogen-bond donors (Lipinski definition) is 2. The number of furan rings is 1. The fourth-order valence-corrected chi connectivity index (χ4v) is 1.70. The maximum absolute atomic E-state index is 11.8. The predicted molar refractivity (Wildman–Crippen MR) is 79.3 cm³/mol. The van der Waals surface area contributed by atoms with Gasteiger partial charge >= 0.3 is 0 Å². The lowest BCUT2D eigenvalue weighted by molar-refractivity contribution is -0.114. The van der Waals surface area contributed by atoms with Crippen molar-refractivity contribution in [1.29, 1.82) is 0 Å². The van der Waals surface area contributed by atoms with Crippen LogP contribution in [0.3, 0.4) is 0 Å². The summed E-state index contributed by atoms with van der Waals surface area (Å²) in [6, 6.07) is 8.66. The molecule has 0 bridgehead atoms. The Morgan fingerprint density at radius 3 is 2.48 bits per heavy atom. The number of rotatable bonds is 4. The zero-order chi connectivity index (χ0) is 15.2. The Morgan fingerprint density at radius 2 is 1.90 bits per heavy atom. The third kappa shape index (κ3) is 4.04. The summed E-state index contributed by atoms with van der Waals surface area (Å²) in [7, 11) is 0. The van der Waals surface area contributed by atoms with E-state index in [2.05, 4.69) is 15.8 Å². The molecule has 6 heteroatoms. The number of amides is 2. The van der Waals surface area contributed by atoms with Crippen molar-refractivity contribution in [3.63, 3.8) is 0 Å². The Morgan fingerprint density at radius 1 is 1.19 bits per heavy atom. The topological polar surface area (TPSA) is 83.7 Å². The second-order valence-electron chi connectivity index (χ2n) is 4.39. The van der Waals surface area contributed by atoms with Gasteiger partial charge in [-0.05, 0) is 30.7 Å². The third-order valence-corrected chi connectivity index (χ3v) is 2.71. The van der Waals surface area contributed by atoms with Gasteiger partial charge < -0.3 is 9.73 Å². The highest BCUT2D eigenvalue weighted by Crippen LogP contribution is 2.09. The van der Waals surface area contributed by atoms with E-state index in [0.29, 0.717) is 17.0 Å². The van der Waals surface area contributed by atoms with Gasteiger partial charge in [-0.25, -0.2) is 5.43 Å². The molecule has 0 saturated carbocycles. The van der Waals surface area contributed by atoms with Crippen LogP contribution in [0.5, 0.6) is 0 Å². The molecule has 0 saturated heterocycles. The van der Waals surface area contributed by atoms with Gasteiger partial charge in [0.05, 0.1) is 18.0 Å². The first kappa shape index (κ1) is 14.5. The Hall–Kier alpha value is -2.89. The zero-order valence-corrected chi connectivity index (χ0v) is 11.7. The molecule has 2 amide bonds. The summed E-state index contributed by atoms with van der Waals surface area (Å²) in [6.07, 6.45) is 2.97. The third-order valence-electron chi connectivity index (χ3n) is 2.71. The zero-order valence-electron chi connectivity index (χ0n) is 11.7. The van der Waals surface area contributed by atoms with Crippen LogP contribution in [0, 0.1) is 6.92 Å². The molecule has 6 nitrogen and oxygen atoms in total. The molecule has 0 unspecified atom stereocenters. The van der Waals surface area contributed by atoms with E-state index in [1.807, 2.05) is 0 Å². The number of anilines is 1. The van der Waals surface area contributed by atoms with E-state index in [0.717, 1.165) is 5.56 Å². The number of nitrogens with one attached hydrogen (secondary N) is 2. The fraction of sp³-hybridized carbons (Fsp3) is 0.133. The summed E-state index contributed by atoms with van der Waals surface area (Å²) in [5, 5.41) is 6.54. The lowest BCUT2D eigenvalue weighted by Crippen LogP contribution is -2.17. The van der Waals surface area contributed by atoms with E-state index in [9.17, 15) is 9.59 Å². The molecule has 0 fully saturated rings. The first-order chi connectivity index (χ1) is 10.1. The van der Waals surface area contributed by atoms with Crippen LogP contribution in [0.25, 0.3) is 0 Å². The molecule has 2 N–H and O–H groups in total. The van der Waals surface area contributed by atoms with Crippen molar-refractivity contribution in [1.82, 2.24) is 5.43 Å². The highest BCUT2D eigenvalue weighted by atomic mass is 16.3. The van der Waals surface area contributed by atoms with Gasteiger partial charge in [0.25, 0.3) is 5.91 Å². The summed E-state index contributed by atoms with van der Waals surface area (Å²) in [6.45, 7) is 3.15. The van der Waals surface area contributed by atoms with Crippen molar-refractivity contribution in [2.24, 2.45) is 5.10 Å². The van der Waals surface area contributed by atoms with Crippen LogP contribution in [0.4, 0.5) is 5.69 Å². The molecule has 0 atom stereocenters. The molecule has 21 heavy (non-hydrogen) atoms. The maximum atomic E-state index is 11.8. The van der Waals surface area contributed by atoms with E-state index in [1.165, 1.54) is 19.4 Å². The molecule has 0 aliphatic rings. The van der Waals surface area contributed by atoms with Gasteiger partial charge in [-0.2, -0.15) is 5.10 Å². The maximum Gasteiger partial charge on any atom is 0.274 e. The number of nitrogens with zero attached hydrogens (tertiary/aromatic N) is 1. The predicted octanol–water partition coefficient (Wildman–Crippen LogP) is 2.31.